The molecule has 0 saturated carbocycles. The van der Waals surface area contributed by atoms with Crippen LogP contribution in [0.1, 0.15) is 31.1 Å². The van der Waals surface area contributed by atoms with Gasteiger partial charge in [-0.05, 0) is 43.2 Å². The molecular weight excluding hydrogens is 424 g/mol. The second-order valence-electron chi connectivity index (χ2n) is 7.14. The van der Waals surface area contributed by atoms with Crippen LogP contribution in [0.25, 0.3) is 0 Å². The number of rotatable bonds is 9. The molecule has 1 unspecified atom stereocenters. The van der Waals surface area contributed by atoms with Gasteiger partial charge in [0.2, 0.25) is 0 Å². The fourth-order valence-corrected chi connectivity index (χ4v) is 4.37. The average Bonchev–Trinajstić information content (AvgIpc) is 2.71. The molecule has 30 heavy (non-hydrogen) atoms. The lowest BCUT2D eigenvalue weighted by Crippen LogP contribution is -2.36. The molecule has 1 amide bonds. The number of para-hydroxylation sites is 2. The van der Waals surface area contributed by atoms with Gasteiger partial charge in [0.05, 0.1) is 34.8 Å². The van der Waals surface area contributed by atoms with Crippen LogP contribution >= 0.6 is 11.6 Å². The van der Waals surface area contributed by atoms with Gasteiger partial charge in [-0.2, -0.15) is 0 Å². The Kier molecular flexibility index (Phi) is 7.92. The molecule has 2 rings (SSSR count). The van der Waals surface area contributed by atoms with Crippen molar-refractivity contribution in [2.45, 2.75) is 31.7 Å². The third-order valence-electron chi connectivity index (χ3n) is 4.78. The fraction of sp³-hybridized carbons (Fsp3) is 0.318. The summed E-state index contributed by atoms with van der Waals surface area (Å²) in [7, 11) is -2.55. The van der Waals surface area contributed by atoms with Crippen molar-refractivity contribution in [1.29, 1.82) is 0 Å². The number of benzene rings is 2. The minimum atomic E-state index is -4.02. The molecule has 0 bridgehead atoms. The first-order valence-electron chi connectivity index (χ1n) is 9.50. The van der Waals surface area contributed by atoms with Gasteiger partial charge in [-0.15, -0.1) is 6.58 Å². The first-order chi connectivity index (χ1) is 14.1. The van der Waals surface area contributed by atoms with Gasteiger partial charge in [-0.25, -0.2) is 8.42 Å². The zero-order chi connectivity index (χ0) is 22.5. The number of carbonyl (C=O) groups is 1. The van der Waals surface area contributed by atoms with Crippen LogP contribution < -0.4 is 14.4 Å². The van der Waals surface area contributed by atoms with E-state index in [9.17, 15) is 13.2 Å². The number of halogens is 1. The first-order valence-corrected chi connectivity index (χ1v) is 11.3. The highest BCUT2D eigenvalue weighted by Crippen LogP contribution is 2.33. The normalized spacial score (nSPS) is 12.3. The summed E-state index contributed by atoms with van der Waals surface area (Å²) in [6.45, 7) is 9.53. The molecule has 0 aromatic heterocycles. The smallest absolute Gasteiger partial charge is 0.264 e. The SMILES string of the molecule is C=CCN(c1ccccc1OC)S(=O)(=O)c1ccc(Cl)c(C(=O)NC(C)C(C)C)c1. The maximum atomic E-state index is 13.5. The maximum absolute atomic E-state index is 13.5. The van der Waals surface area contributed by atoms with Crippen LogP contribution in [0.2, 0.25) is 5.02 Å². The Morgan fingerprint density at radius 2 is 1.90 bits per heavy atom. The quantitative estimate of drug-likeness (QED) is 0.570. The number of nitrogens with one attached hydrogen (secondary N) is 1. The summed E-state index contributed by atoms with van der Waals surface area (Å²) in [5, 5.41) is 3.03. The van der Waals surface area contributed by atoms with Crippen molar-refractivity contribution < 1.29 is 17.9 Å². The Hall–Kier alpha value is -2.51. The highest BCUT2D eigenvalue weighted by Gasteiger charge is 2.28. The Balaban J connectivity index is 2.52. The molecule has 162 valence electrons. The second-order valence-corrected chi connectivity index (χ2v) is 9.41. The van der Waals surface area contributed by atoms with Crippen molar-refractivity contribution in [3.63, 3.8) is 0 Å². The molecule has 6 nitrogen and oxygen atoms in total. The van der Waals surface area contributed by atoms with E-state index in [1.807, 2.05) is 20.8 Å². The van der Waals surface area contributed by atoms with Crippen molar-refractivity contribution in [3.8, 4) is 5.75 Å². The van der Waals surface area contributed by atoms with E-state index in [0.717, 1.165) is 0 Å². The van der Waals surface area contributed by atoms with Gasteiger partial charge in [0.25, 0.3) is 15.9 Å². The number of hydrogen-bond donors (Lipinski definition) is 1. The fourth-order valence-electron chi connectivity index (χ4n) is 2.70. The van der Waals surface area contributed by atoms with Crippen LogP contribution in [0.15, 0.2) is 60.0 Å². The van der Waals surface area contributed by atoms with Gasteiger partial charge in [-0.1, -0.05) is 43.7 Å². The molecule has 0 radical (unpaired) electrons. The van der Waals surface area contributed by atoms with Crippen molar-refractivity contribution in [1.82, 2.24) is 5.32 Å². The number of methoxy groups -OCH3 is 1. The van der Waals surface area contributed by atoms with E-state index in [0.29, 0.717) is 11.4 Å². The predicted molar refractivity (Wildman–Crippen MR) is 121 cm³/mol. The maximum Gasteiger partial charge on any atom is 0.264 e. The summed E-state index contributed by atoms with van der Waals surface area (Å²) in [6, 6.07) is 10.8. The Morgan fingerprint density at radius 3 is 2.50 bits per heavy atom. The lowest BCUT2D eigenvalue weighted by atomic mass is 10.1. The van der Waals surface area contributed by atoms with E-state index in [2.05, 4.69) is 11.9 Å². The first kappa shape index (κ1) is 23.8. The number of anilines is 1. The molecular formula is C22H27ClN2O4S. The zero-order valence-electron chi connectivity index (χ0n) is 17.6. The number of ether oxygens (including phenoxy) is 1. The van der Waals surface area contributed by atoms with E-state index in [4.69, 9.17) is 16.3 Å². The molecule has 0 saturated heterocycles. The van der Waals surface area contributed by atoms with Crippen LogP contribution in [0.4, 0.5) is 5.69 Å². The van der Waals surface area contributed by atoms with Crippen molar-refractivity contribution in [2.24, 2.45) is 5.92 Å². The highest BCUT2D eigenvalue weighted by molar-refractivity contribution is 7.92. The third kappa shape index (κ3) is 5.15. The summed E-state index contributed by atoms with van der Waals surface area (Å²) in [6.07, 6.45) is 1.48. The lowest BCUT2D eigenvalue weighted by Gasteiger charge is -2.25. The van der Waals surface area contributed by atoms with Gasteiger partial charge in [-0.3, -0.25) is 9.10 Å². The molecule has 0 aliphatic heterocycles. The molecule has 0 fully saturated rings. The van der Waals surface area contributed by atoms with Crippen LogP contribution in [-0.4, -0.2) is 34.0 Å². The van der Waals surface area contributed by atoms with Gasteiger partial charge >= 0.3 is 0 Å². The van der Waals surface area contributed by atoms with Crippen LogP contribution in [0.5, 0.6) is 5.75 Å². The number of nitrogens with zero attached hydrogens (tertiary/aromatic N) is 1. The summed E-state index contributed by atoms with van der Waals surface area (Å²) >= 11 is 6.20. The standard InChI is InChI=1S/C22H27ClN2O4S/c1-6-13-25(20-9-7-8-10-21(20)29-5)30(27,28)17-11-12-19(23)18(14-17)22(26)24-16(4)15(2)3/h6-12,14-16H,1,13H2,2-5H3,(H,24,26). The largest absolute Gasteiger partial charge is 0.495 e. The minimum Gasteiger partial charge on any atom is -0.495 e. The molecule has 0 aliphatic rings. The molecule has 0 aliphatic carbocycles. The predicted octanol–water partition coefficient (Wildman–Crippen LogP) is 4.50. The molecule has 0 spiro atoms. The van der Waals surface area contributed by atoms with E-state index in [-0.39, 0.29) is 34.0 Å². The van der Waals surface area contributed by atoms with E-state index >= 15 is 0 Å². The van der Waals surface area contributed by atoms with Crippen molar-refractivity contribution in [2.75, 3.05) is 18.0 Å². The molecule has 0 heterocycles. The summed E-state index contributed by atoms with van der Waals surface area (Å²) in [4.78, 5) is 12.6. The van der Waals surface area contributed by atoms with Crippen LogP contribution in [-0.2, 0) is 10.0 Å². The molecule has 1 N–H and O–H groups in total. The Bertz CT molecular complexity index is 1020. The number of amides is 1. The van der Waals surface area contributed by atoms with Gasteiger partial charge in [0.15, 0.2) is 0 Å². The van der Waals surface area contributed by atoms with Crippen molar-refractivity contribution >= 4 is 33.2 Å². The Labute approximate surface area is 183 Å². The number of sulfonamides is 1. The number of hydrogen-bond acceptors (Lipinski definition) is 4. The summed E-state index contributed by atoms with van der Waals surface area (Å²) in [5.74, 6) is 0.194. The highest BCUT2D eigenvalue weighted by atomic mass is 35.5. The average molecular weight is 451 g/mol. The second kappa shape index (κ2) is 10.00. The minimum absolute atomic E-state index is 0.0250. The molecule has 2 aromatic carbocycles. The molecule has 2 aromatic rings. The lowest BCUT2D eigenvalue weighted by molar-refractivity contribution is 0.0930. The topological polar surface area (TPSA) is 75.7 Å². The van der Waals surface area contributed by atoms with E-state index < -0.39 is 15.9 Å². The van der Waals surface area contributed by atoms with Gasteiger partial charge in [0.1, 0.15) is 5.75 Å². The van der Waals surface area contributed by atoms with Crippen molar-refractivity contribution in [3.05, 3.63) is 65.7 Å². The van der Waals surface area contributed by atoms with Crippen LogP contribution in [0.3, 0.4) is 0 Å². The zero-order valence-corrected chi connectivity index (χ0v) is 19.1. The third-order valence-corrected chi connectivity index (χ3v) is 6.88. The summed E-state index contributed by atoms with van der Waals surface area (Å²) in [5.41, 5.74) is 0.470. The number of carbonyl (C=O) groups excluding carboxylic acids is 1. The molecule has 1 atom stereocenters. The monoisotopic (exact) mass is 450 g/mol. The van der Waals surface area contributed by atoms with Gasteiger partial charge in [0, 0.05) is 6.04 Å². The summed E-state index contributed by atoms with van der Waals surface area (Å²) < 4.78 is 33.4. The molecule has 8 heteroatoms. The van der Waals surface area contributed by atoms with E-state index in [1.165, 1.54) is 35.7 Å². The van der Waals surface area contributed by atoms with Crippen LogP contribution in [0, 0.1) is 5.92 Å². The Morgan fingerprint density at radius 1 is 1.23 bits per heavy atom. The van der Waals surface area contributed by atoms with E-state index in [1.54, 1.807) is 24.3 Å². The van der Waals surface area contributed by atoms with Gasteiger partial charge < -0.3 is 10.1 Å².